The lowest BCUT2D eigenvalue weighted by Gasteiger charge is -2.35. The van der Waals surface area contributed by atoms with Crippen LogP contribution in [0.3, 0.4) is 0 Å². The van der Waals surface area contributed by atoms with E-state index in [1.807, 2.05) is 24.3 Å². The Kier molecular flexibility index (Phi) is 7.11. The summed E-state index contributed by atoms with van der Waals surface area (Å²) in [6.07, 6.45) is 3.61. The summed E-state index contributed by atoms with van der Waals surface area (Å²) in [6, 6.07) is 7.64. The van der Waals surface area contributed by atoms with Crippen LogP contribution in [0, 0.1) is 5.92 Å². The Morgan fingerprint density at radius 1 is 1.20 bits per heavy atom. The third-order valence-electron chi connectivity index (χ3n) is 5.11. The number of benzene rings is 1. The molecule has 5 nitrogen and oxygen atoms in total. The van der Waals surface area contributed by atoms with Crippen LogP contribution in [-0.2, 0) is 16.1 Å². The molecule has 2 atom stereocenters. The molecule has 7 heteroatoms. The van der Waals surface area contributed by atoms with Gasteiger partial charge >= 0.3 is 0 Å². The van der Waals surface area contributed by atoms with Crippen molar-refractivity contribution in [3.05, 3.63) is 34.9 Å². The molecule has 2 fully saturated rings. The predicted molar refractivity (Wildman–Crippen MR) is 101 cm³/mol. The number of piperazine rings is 1. The Balaban J connectivity index is 0.00000225. The zero-order valence-corrected chi connectivity index (χ0v) is 15.8. The first-order valence-corrected chi connectivity index (χ1v) is 8.96. The molecular weight excluding hydrogens is 361 g/mol. The highest BCUT2D eigenvalue weighted by molar-refractivity contribution is 6.30. The average molecular weight is 386 g/mol. The molecule has 138 valence electrons. The molecule has 25 heavy (non-hydrogen) atoms. The van der Waals surface area contributed by atoms with Crippen LogP contribution < -0.4 is 5.73 Å². The standard InChI is InChI=1S/C18H24ClN3O2.ClH/c19-15-6-4-13(5-7-15)11-21-8-9-22(12-18(21)24)17(23)10-14-2-1-3-16(14)20;/h4-7,14,16H,1-3,8-12,20H2;1H/t14-,16+;/m0./s1. The summed E-state index contributed by atoms with van der Waals surface area (Å²) >= 11 is 5.88. The SMILES string of the molecule is Cl.N[C@@H]1CCC[C@H]1CC(=O)N1CCN(Cc2ccc(Cl)cc2)C(=O)C1. The molecule has 2 N–H and O–H groups in total. The lowest BCUT2D eigenvalue weighted by Crippen LogP contribution is -2.52. The normalized spacial score (nSPS) is 23.5. The van der Waals surface area contributed by atoms with Gasteiger partial charge in [0.2, 0.25) is 11.8 Å². The second-order valence-corrected chi connectivity index (χ2v) is 7.25. The van der Waals surface area contributed by atoms with Crippen LogP contribution in [0.2, 0.25) is 5.02 Å². The highest BCUT2D eigenvalue weighted by atomic mass is 35.5. The van der Waals surface area contributed by atoms with Gasteiger partial charge in [-0.2, -0.15) is 0 Å². The number of halogens is 2. The fourth-order valence-electron chi connectivity index (χ4n) is 3.57. The molecule has 0 unspecified atom stereocenters. The van der Waals surface area contributed by atoms with Gasteiger partial charge in [0.05, 0.1) is 6.54 Å². The topological polar surface area (TPSA) is 66.6 Å². The Hall–Kier alpha value is -1.30. The first-order chi connectivity index (χ1) is 11.5. The van der Waals surface area contributed by atoms with Crippen molar-refractivity contribution in [2.75, 3.05) is 19.6 Å². The van der Waals surface area contributed by atoms with Crippen LogP contribution in [-0.4, -0.2) is 47.3 Å². The molecule has 0 radical (unpaired) electrons. The fraction of sp³-hybridized carbons (Fsp3) is 0.556. The Labute approximate surface area is 159 Å². The molecule has 1 saturated heterocycles. The zero-order chi connectivity index (χ0) is 17.1. The second kappa shape index (κ2) is 8.88. The highest BCUT2D eigenvalue weighted by Crippen LogP contribution is 2.27. The summed E-state index contributed by atoms with van der Waals surface area (Å²) in [5, 5.41) is 0.686. The molecule has 1 aromatic carbocycles. The van der Waals surface area contributed by atoms with Gasteiger partial charge in [-0.15, -0.1) is 12.4 Å². The number of nitrogens with two attached hydrogens (primary N) is 1. The lowest BCUT2D eigenvalue weighted by atomic mass is 9.99. The minimum Gasteiger partial charge on any atom is -0.335 e. The first-order valence-electron chi connectivity index (χ1n) is 8.58. The van der Waals surface area contributed by atoms with Gasteiger partial charge in [-0.3, -0.25) is 9.59 Å². The molecule has 2 aliphatic rings. The van der Waals surface area contributed by atoms with Crippen molar-refractivity contribution < 1.29 is 9.59 Å². The van der Waals surface area contributed by atoms with Gasteiger partial charge in [-0.25, -0.2) is 0 Å². The number of carbonyl (C=O) groups excluding carboxylic acids is 2. The fourth-order valence-corrected chi connectivity index (χ4v) is 3.70. The van der Waals surface area contributed by atoms with Gasteiger partial charge in [0, 0.05) is 37.1 Å². The summed E-state index contributed by atoms with van der Waals surface area (Å²) in [6.45, 7) is 1.91. The van der Waals surface area contributed by atoms with E-state index < -0.39 is 0 Å². The van der Waals surface area contributed by atoms with Gasteiger partial charge in [0.25, 0.3) is 0 Å². The van der Waals surface area contributed by atoms with Crippen molar-refractivity contribution in [2.24, 2.45) is 11.7 Å². The van der Waals surface area contributed by atoms with Gasteiger partial charge in [0.1, 0.15) is 0 Å². The minimum absolute atomic E-state index is 0. The molecule has 3 rings (SSSR count). The summed E-state index contributed by atoms with van der Waals surface area (Å²) in [4.78, 5) is 28.3. The molecule has 1 aromatic rings. The second-order valence-electron chi connectivity index (χ2n) is 6.82. The van der Waals surface area contributed by atoms with E-state index >= 15 is 0 Å². The highest BCUT2D eigenvalue weighted by Gasteiger charge is 2.31. The quantitative estimate of drug-likeness (QED) is 0.865. The number of hydrogen-bond donors (Lipinski definition) is 1. The summed E-state index contributed by atoms with van der Waals surface area (Å²) in [5.41, 5.74) is 7.09. The van der Waals surface area contributed by atoms with Crippen LogP contribution >= 0.6 is 24.0 Å². The summed E-state index contributed by atoms with van der Waals surface area (Å²) in [7, 11) is 0. The number of carbonyl (C=O) groups is 2. The Morgan fingerprint density at radius 3 is 2.52 bits per heavy atom. The van der Waals surface area contributed by atoms with E-state index in [1.54, 1.807) is 9.80 Å². The van der Waals surface area contributed by atoms with Crippen molar-refractivity contribution in [1.82, 2.24) is 9.80 Å². The van der Waals surface area contributed by atoms with E-state index in [1.165, 1.54) is 0 Å². The van der Waals surface area contributed by atoms with E-state index in [2.05, 4.69) is 0 Å². The van der Waals surface area contributed by atoms with Crippen molar-refractivity contribution in [2.45, 2.75) is 38.3 Å². The van der Waals surface area contributed by atoms with E-state index in [9.17, 15) is 9.59 Å². The van der Waals surface area contributed by atoms with E-state index in [4.69, 9.17) is 17.3 Å². The van der Waals surface area contributed by atoms with Crippen molar-refractivity contribution in [1.29, 1.82) is 0 Å². The maximum Gasteiger partial charge on any atom is 0.242 e. The van der Waals surface area contributed by atoms with E-state index in [0.717, 1.165) is 24.8 Å². The van der Waals surface area contributed by atoms with E-state index in [-0.39, 0.29) is 42.7 Å². The molecule has 2 amide bonds. The zero-order valence-electron chi connectivity index (χ0n) is 14.2. The van der Waals surface area contributed by atoms with Crippen LogP contribution in [0.1, 0.15) is 31.2 Å². The van der Waals surface area contributed by atoms with Gasteiger partial charge < -0.3 is 15.5 Å². The van der Waals surface area contributed by atoms with Crippen molar-refractivity contribution >= 4 is 35.8 Å². The number of nitrogens with zero attached hydrogens (tertiary/aromatic N) is 2. The van der Waals surface area contributed by atoms with Crippen LogP contribution in [0.15, 0.2) is 24.3 Å². The third kappa shape index (κ3) is 5.09. The molecule has 1 heterocycles. The third-order valence-corrected chi connectivity index (χ3v) is 5.36. The van der Waals surface area contributed by atoms with Gasteiger partial charge in [-0.1, -0.05) is 30.2 Å². The van der Waals surface area contributed by atoms with E-state index in [0.29, 0.717) is 31.1 Å². The lowest BCUT2D eigenvalue weighted by molar-refractivity contribution is -0.146. The summed E-state index contributed by atoms with van der Waals surface area (Å²) < 4.78 is 0. The molecule has 1 aliphatic heterocycles. The average Bonchev–Trinajstić information content (AvgIpc) is 2.96. The molecule has 1 saturated carbocycles. The Morgan fingerprint density at radius 2 is 1.92 bits per heavy atom. The largest absolute Gasteiger partial charge is 0.335 e. The van der Waals surface area contributed by atoms with Gasteiger partial charge in [-0.05, 0) is 36.5 Å². The number of amides is 2. The smallest absolute Gasteiger partial charge is 0.242 e. The number of hydrogen-bond acceptors (Lipinski definition) is 3. The van der Waals surface area contributed by atoms with Crippen LogP contribution in [0.25, 0.3) is 0 Å². The van der Waals surface area contributed by atoms with Crippen molar-refractivity contribution in [3.8, 4) is 0 Å². The maximum absolute atomic E-state index is 12.4. The maximum atomic E-state index is 12.4. The monoisotopic (exact) mass is 385 g/mol. The summed E-state index contributed by atoms with van der Waals surface area (Å²) in [5.74, 6) is 0.344. The van der Waals surface area contributed by atoms with Gasteiger partial charge in [0.15, 0.2) is 0 Å². The molecule has 0 spiro atoms. The molecular formula is C18H25Cl2N3O2. The molecule has 1 aliphatic carbocycles. The Bertz CT molecular complexity index is 609. The predicted octanol–water partition coefficient (Wildman–Crippen LogP) is 2.45. The first kappa shape index (κ1) is 20.0. The van der Waals surface area contributed by atoms with Crippen LogP contribution in [0.4, 0.5) is 0 Å². The number of rotatable bonds is 4. The molecule has 0 aromatic heterocycles. The minimum atomic E-state index is 0. The molecule has 0 bridgehead atoms. The van der Waals surface area contributed by atoms with Crippen molar-refractivity contribution in [3.63, 3.8) is 0 Å². The van der Waals surface area contributed by atoms with Crippen LogP contribution in [0.5, 0.6) is 0 Å².